The Kier molecular flexibility index (Phi) is 7.48. The van der Waals surface area contributed by atoms with E-state index in [-0.39, 0.29) is 5.91 Å². The van der Waals surface area contributed by atoms with E-state index in [1.165, 1.54) is 6.42 Å². The third-order valence-corrected chi connectivity index (χ3v) is 2.43. The number of rotatable bonds is 7. The molecule has 0 aliphatic heterocycles. The largest absolute Gasteiger partial charge is 0.349 e. The van der Waals surface area contributed by atoms with Gasteiger partial charge in [-0.3, -0.25) is 4.79 Å². The molecule has 84 valence electrons. The average Bonchev–Trinajstić information content (AvgIpc) is 2.16. The third-order valence-electron chi connectivity index (χ3n) is 2.43. The summed E-state index contributed by atoms with van der Waals surface area (Å²) in [6, 6.07) is 0. The SMILES string of the molecule is CCC(C)CNCCCC(=O)N(C)C. The van der Waals surface area contributed by atoms with Crippen molar-refractivity contribution >= 4 is 5.91 Å². The summed E-state index contributed by atoms with van der Waals surface area (Å²) in [4.78, 5) is 12.8. The fourth-order valence-electron chi connectivity index (χ4n) is 1.08. The highest BCUT2D eigenvalue weighted by molar-refractivity contribution is 5.75. The molecule has 3 heteroatoms. The zero-order valence-corrected chi connectivity index (χ0v) is 9.97. The molecule has 0 aromatic carbocycles. The first-order valence-corrected chi connectivity index (χ1v) is 5.48. The predicted octanol–water partition coefficient (Wildman–Crippen LogP) is 1.49. The van der Waals surface area contributed by atoms with Gasteiger partial charge < -0.3 is 10.2 Å². The van der Waals surface area contributed by atoms with Crippen LogP contribution in [0.2, 0.25) is 0 Å². The molecular formula is C11H24N2O. The predicted molar refractivity (Wildman–Crippen MR) is 60.3 cm³/mol. The van der Waals surface area contributed by atoms with E-state index in [0.29, 0.717) is 6.42 Å². The minimum atomic E-state index is 0.218. The van der Waals surface area contributed by atoms with Gasteiger partial charge in [-0.1, -0.05) is 20.3 Å². The molecule has 0 rings (SSSR count). The van der Waals surface area contributed by atoms with Crippen molar-refractivity contribution in [2.75, 3.05) is 27.2 Å². The van der Waals surface area contributed by atoms with Gasteiger partial charge >= 0.3 is 0 Å². The molecule has 14 heavy (non-hydrogen) atoms. The minimum absolute atomic E-state index is 0.218. The van der Waals surface area contributed by atoms with Crippen LogP contribution in [0, 0.1) is 5.92 Å². The van der Waals surface area contributed by atoms with Crippen molar-refractivity contribution < 1.29 is 4.79 Å². The summed E-state index contributed by atoms with van der Waals surface area (Å²) in [5.74, 6) is 0.954. The first-order chi connectivity index (χ1) is 6.57. The van der Waals surface area contributed by atoms with Crippen LogP contribution in [0.3, 0.4) is 0 Å². The monoisotopic (exact) mass is 200 g/mol. The maximum Gasteiger partial charge on any atom is 0.222 e. The zero-order chi connectivity index (χ0) is 11.0. The number of amides is 1. The van der Waals surface area contributed by atoms with Gasteiger partial charge in [0.15, 0.2) is 0 Å². The van der Waals surface area contributed by atoms with E-state index < -0.39 is 0 Å². The number of hydrogen-bond donors (Lipinski definition) is 1. The number of hydrogen-bond acceptors (Lipinski definition) is 2. The van der Waals surface area contributed by atoms with Crippen molar-refractivity contribution in [1.82, 2.24) is 10.2 Å². The molecule has 0 saturated heterocycles. The number of nitrogens with one attached hydrogen (secondary N) is 1. The molecule has 0 radical (unpaired) electrons. The quantitative estimate of drug-likeness (QED) is 0.632. The Morgan fingerprint density at radius 3 is 2.57 bits per heavy atom. The smallest absolute Gasteiger partial charge is 0.222 e. The minimum Gasteiger partial charge on any atom is -0.349 e. The van der Waals surface area contributed by atoms with Crippen molar-refractivity contribution in [3.63, 3.8) is 0 Å². The topological polar surface area (TPSA) is 32.3 Å². The van der Waals surface area contributed by atoms with E-state index in [9.17, 15) is 4.79 Å². The summed E-state index contributed by atoms with van der Waals surface area (Å²) in [5.41, 5.74) is 0. The van der Waals surface area contributed by atoms with Gasteiger partial charge in [-0.25, -0.2) is 0 Å². The highest BCUT2D eigenvalue weighted by Gasteiger charge is 2.02. The van der Waals surface area contributed by atoms with Gasteiger partial charge in [0.2, 0.25) is 5.91 Å². The van der Waals surface area contributed by atoms with Crippen LogP contribution in [0.25, 0.3) is 0 Å². The van der Waals surface area contributed by atoms with Crippen LogP contribution in [0.1, 0.15) is 33.1 Å². The zero-order valence-electron chi connectivity index (χ0n) is 9.97. The van der Waals surface area contributed by atoms with Gasteiger partial charge in [0.25, 0.3) is 0 Å². The van der Waals surface area contributed by atoms with Crippen LogP contribution in [0.15, 0.2) is 0 Å². The second-order valence-electron chi connectivity index (χ2n) is 4.11. The van der Waals surface area contributed by atoms with Gasteiger partial charge in [-0.2, -0.15) is 0 Å². The lowest BCUT2D eigenvalue weighted by molar-refractivity contribution is -0.128. The van der Waals surface area contributed by atoms with Crippen molar-refractivity contribution in [2.24, 2.45) is 5.92 Å². The molecule has 0 aliphatic carbocycles. The van der Waals surface area contributed by atoms with Gasteiger partial charge in [0.05, 0.1) is 0 Å². The third kappa shape index (κ3) is 6.89. The second-order valence-corrected chi connectivity index (χ2v) is 4.11. The first kappa shape index (κ1) is 13.4. The normalized spacial score (nSPS) is 12.6. The summed E-state index contributed by atoms with van der Waals surface area (Å²) in [6.07, 6.45) is 2.80. The summed E-state index contributed by atoms with van der Waals surface area (Å²) in [5, 5.41) is 3.36. The molecule has 0 fully saturated rings. The van der Waals surface area contributed by atoms with Gasteiger partial charge in [-0.05, 0) is 25.4 Å². The van der Waals surface area contributed by atoms with Crippen molar-refractivity contribution in [3.05, 3.63) is 0 Å². The van der Waals surface area contributed by atoms with E-state index in [2.05, 4.69) is 19.2 Å². The van der Waals surface area contributed by atoms with E-state index in [0.717, 1.165) is 25.4 Å². The number of carbonyl (C=O) groups excluding carboxylic acids is 1. The van der Waals surface area contributed by atoms with Gasteiger partial charge in [-0.15, -0.1) is 0 Å². The first-order valence-electron chi connectivity index (χ1n) is 5.48. The molecule has 0 heterocycles. The Balaban J connectivity index is 3.26. The molecule has 0 saturated carbocycles. The fourth-order valence-corrected chi connectivity index (χ4v) is 1.08. The van der Waals surface area contributed by atoms with Crippen LogP contribution >= 0.6 is 0 Å². The van der Waals surface area contributed by atoms with E-state index in [4.69, 9.17) is 0 Å². The average molecular weight is 200 g/mol. The Morgan fingerprint density at radius 2 is 2.07 bits per heavy atom. The van der Waals surface area contributed by atoms with Crippen LogP contribution in [0.4, 0.5) is 0 Å². The number of nitrogens with zero attached hydrogens (tertiary/aromatic N) is 1. The molecule has 0 bridgehead atoms. The molecule has 0 aromatic rings. The highest BCUT2D eigenvalue weighted by atomic mass is 16.2. The Morgan fingerprint density at radius 1 is 1.43 bits per heavy atom. The van der Waals surface area contributed by atoms with Gasteiger partial charge in [0, 0.05) is 20.5 Å². The maximum atomic E-state index is 11.2. The molecule has 1 amide bonds. The second kappa shape index (κ2) is 7.80. The van der Waals surface area contributed by atoms with E-state index in [1.807, 2.05) is 0 Å². The molecule has 1 unspecified atom stereocenters. The van der Waals surface area contributed by atoms with Crippen LogP contribution in [-0.2, 0) is 4.79 Å². The van der Waals surface area contributed by atoms with Crippen molar-refractivity contribution in [1.29, 1.82) is 0 Å². The standard InChI is InChI=1S/C11H24N2O/c1-5-10(2)9-12-8-6-7-11(14)13(3)4/h10,12H,5-9H2,1-4H3. The molecule has 1 atom stereocenters. The molecule has 1 N–H and O–H groups in total. The summed E-state index contributed by atoms with van der Waals surface area (Å²) in [7, 11) is 3.60. The summed E-state index contributed by atoms with van der Waals surface area (Å²) >= 11 is 0. The molecule has 0 aliphatic rings. The summed E-state index contributed by atoms with van der Waals surface area (Å²) < 4.78 is 0. The van der Waals surface area contributed by atoms with Crippen molar-refractivity contribution in [2.45, 2.75) is 33.1 Å². The lowest BCUT2D eigenvalue weighted by atomic mass is 10.1. The Bertz CT molecular complexity index is 157. The Labute approximate surface area is 87.9 Å². The lowest BCUT2D eigenvalue weighted by Gasteiger charge is -2.11. The van der Waals surface area contributed by atoms with Crippen LogP contribution in [-0.4, -0.2) is 38.0 Å². The van der Waals surface area contributed by atoms with E-state index >= 15 is 0 Å². The van der Waals surface area contributed by atoms with Crippen LogP contribution in [0.5, 0.6) is 0 Å². The lowest BCUT2D eigenvalue weighted by Crippen LogP contribution is -2.25. The molecule has 0 spiro atoms. The van der Waals surface area contributed by atoms with Gasteiger partial charge in [0.1, 0.15) is 0 Å². The molecule has 0 aromatic heterocycles. The van der Waals surface area contributed by atoms with E-state index in [1.54, 1.807) is 19.0 Å². The molecule has 3 nitrogen and oxygen atoms in total. The maximum absolute atomic E-state index is 11.2. The fraction of sp³-hybridized carbons (Fsp3) is 0.909. The molecular weight excluding hydrogens is 176 g/mol. The Hall–Kier alpha value is -0.570. The van der Waals surface area contributed by atoms with Crippen molar-refractivity contribution in [3.8, 4) is 0 Å². The summed E-state index contributed by atoms with van der Waals surface area (Å²) in [6.45, 7) is 6.44. The number of carbonyl (C=O) groups is 1. The van der Waals surface area contributed by atoms with Crippen LogP contribution < -0.4 is 5.32 Å². The highest BCUT2D eigenvalue weighted by Crippen LogP contribution is 1.97.